The lowest BCUT2D eigenvalue weighted by Crippen LogP contribution is -2.25. The topological polar surface area (TPSA) is 64.9 Å². The van der Waals surface area contributed by atoms with Gasteiger partial charge in [0.1, 0.15) is 17.7 Å². The van der Waals surface area contributed by atoms with E-state index in [-0.39, 0.29) is 12.1 Å². The van der Waals surface area contributed by atoms with Crippen molar-refractivity contribution in [3.8, 4) is 5.69 Å². The first-order valence-corrected chi connectivity index (χ1v) is 8.50. The first-order chi connectivity index (χ1) is 12.2. The minimum absolute atomic E-state index is 0.0710. The Bertz CT molecular complexity index is 841. The molecule has 0 aliphatic carbocycles. The van der Waals surface area contributed by atoms with Crippen molar-refractivity contribution >= 4 is 5.82 Å². The molecule has 2 atom stereocenters. The third-order valence-corrected chi connectivity index (χ3v) is 4.36. The van der Waals surface area contributed by atoms with Crippen LogP contribution in [0.15, 0.2) is 48.7 Å². The first-order valence-electron chi connectivity index (χ1n) is 8.50. The third kappa shape index (κ3) is 3.25. The third-order valence-electron chi connectivity index (χ3n) is 4.36. The van der Waals surface area contributed by atoms with Crippen LogP contribution in [0.5, 0.6) is 0 Å². The lowest BCUT2D eigenvalue weighted by atomic mass is 10.1. The molecule has 0 bridgehead atoms. The fourth-order valence-corrected chi connectivity index (χ4v) is 3.32. The second kappa shape index (κ2) is 6.64. The summed E-state index contributed by atoms with van der Waals surface area (Å²) in [5, 5.41) is 8.01. The molecule has 6 nitrogen and oxygen atoms in total. The van der Waals surface area contributed by atoms with Gasteiger partial charge in [0.25, 0.3) is 0 Å². The van der Waals surface area contributed by atoms with Gasteiger partial charge in [-0.25, -0.2) is 14.6 Å². The van der Waals surface area contributed by atoms with Crippen molar-refractivity contribution in [2.45, 2.75) is 32.4 Å². The van der Waals surface area contributed by atoms with Crippen molar-refractivity contribution in [2.24, 2.45) is 0 Å². The zero-order chi connectivity index (χ0) is 17.2. The lowest BCUT2D eigenvalue weighted by molar-refractivity contribution is 0.102. The van der Waals surface area contributed by atoms with E-state index in [9.17, 15) is 0 Å². The molecule has 0 amide bonds. The number of para-hydroxylation sites is 1. The van der Waals surface area contributed by atoms with Gasteiger partial charge in [0.15, 0.2) is 0 Å². The monoisotopic (exact) mass is 335 g/mol. The number of rotatable bonds is 4. The van der Waals surface area contributed by atoms with Crippen LogP contribution in [0, 0.1) is 13.8 Å². The zero-order valence-corrected chi connectivity index (χ0v) is 14.4. The average molecular weight is 335 g/mol. The number of nitrogens with zero attached hydrogens (tertiary/aromatic N) is 4. The molecule has 0 radical (unpaired) electrons. The molecular weight excluding hydrogens is 314 g/mol. The minimum Gasteiger partial charge on any atom is -0.370 e. The van der Waals surface area contributed by atoms with Gasteiger partial charge in [-0.05, 0) is 38.5 Å². The summed E-state index contributed by atoms with van der Waals surface area (Å²) in [6, 6.07) is 14.3. The van der Waals surface area contributed by atoms with Crippen LogP contribution in [0.3, 0.4) is 0 Å². The Labute approximate surface area is 146 Å². The highest BCUT2D eigenvalue weighted by Crippen LogP contribution is 2.32. The second-order valence-electron chi connectivity index (χ2n) is 6.28. The minimum atomic E-state index is -0.0710. The summed E-state index contributed by atoms with van der Waals surface area (Å²) < 4.78 is 7.98. The number of hydrogen-bond donors (Lipinski definition) is 1. The molecule has 1 aliphatic heterocycles. The van der Waals surface area contributed by atoms with Gasteiger partial charge in [-0.2, -0.15) is 5.10 Å². The van der Waals surface area contributed by atoms with Crippen molar-refractivity contribution in [3.05, 3.63) is 65.9 Å². The molecule has 0 unspecified atom stereocenters. The van der Waals surface area contributed by atoms with Gasteiger partial charge in [0.05, 0.1) is 17.4 Å². The smallest absolute Gasteiger partial charge is 0.130 e. The number of aryl methyl sites for hydroxylation is 2. The fourth-order valence-electron chi connectivity index (χ4n) is 3.32. The number of anilines is 1. The number of benzene rings is 1. The van der Waals surface area contributed by atoms with Crippen LogP contribution in [0.25, 0.3) is 5.69 Å². The Hall–Kier alpha value is -2.73. The van der Waals surface area contributed by atoms with Gasteiger partial charge in [-0.1, -0.05) is 18.2 Å². The molecule has 1 aromatic carbocycles. The van der Waals surface area contributed by atoms with E-state index in [0.717, 1.165) is 35.1 Å². The van der Waals surface area contributed by atoms with E-state index >= 15 is 0 Å². The number of hydrogen-bond acceptors (Lipinski definition) is 5. The van der Waals surface area contributed by atoms with Crippen molar-refractivity contribution in [1.29, 1.82) is 0 Å². The predicted octanol–water partition coefficient (Wildman–Crippen LogP) is 3.22. The number of ether oxygens (including phenoxy) is 1. The SMILES string of the molecule is Cc1cc(N[C@@H]2CCO[C@H]2c2ccnn2-c2ccccc2)nc(C)n1. The Balaban J connectivity index is 1.61. The average Bonchev–Trinajstić information content (AvgIpc) is 3.23. The van der Waals surface area contributed by atoms with E-state index in [1.165, 1.54) is 0 Å². The van der Waals surface area contributed by atoms with Gasteiger partial charge >= 0.3 is 0 Å². The quantitative estimate of drug-likeness (QED) is 0.793. The molecule has 128 valence electrons. The number of nitrogens with one attached hydrogen (secondary N) is 1. The van der Waals surface area contributed by atoms with E-state index in [1.54, 1.807) is 0 Å². The Morgan fingerprint density at radius 2 is 1.96 bits per heavy atom. The van der Waals surface area contributed by atoms with Crippen molar-refractivity contribution in [3.63, 3.8) is 0 Å². The van der Waals surface area contributed by atoms with Crippen LogP contribution in [0.1, 0.15) is 29.7 Å². The van der Waals surface area contributed by atoms with Crippen LogP contribution in [0.4, 0.5) is 5.82 Å². The predicted molar refractivity (Wildman–Crippen MR) is 95.8 cm³/mol. The van der Waals surface area contributed by atoms with Gasteiger partial charge in [-0.3, -0.25) is 0 Å². The molecule has 4 rings (SSSR count). The molecule has 1 saturated heterocycles. The maximum absolute atomic E-state index is 6.04. The van der Waals surface area contributed by atoms with E-state index in [1.807, 2.05) is 67.2 Å². The molecule has 2 aromatic heterocycles. The zero-order valence-electron chi connectivity index (χ0n) is 14.4. The maximum atomic E-state index is 6.04. The second-order valence-corrected chi connectivity index (χ2v) is 6.28. The maximum Gasteiger partial charge on any atom is 0.130 e. The van der Waals surface area contributed by atoms with Gasteiger partial charge in [0, 0.05) is 24.6 Å². The highest BCUT2D eigenvalue weighted by molar-refractivity contribution is 5.39. The fraction of sp³-hybridized carbons (Fsp3) is 0.316. The summed E-state index contributed by atoms with van der Waals surface area (Å²) in [4.78, 5) is 8.83. The summed E-state index contributed by atoms with van der Waals surface area (Å²) in [6.07, 6.45) is 2.67. The standard InChI is InChI=1S/C19H21N5O/c1-13-12-18(22-14(2)21-13)23-16-9-11-25-19(16)17-8-10-20-24(17)15-6-4-3-5-7-15/h3-8,10,12,16,19H,9,11H2,1-2H3,(H,21,22,23)/t16-,19-/m1/s1. The molecule has 1 aliphatic rings. The summed E-state index contributed by atoms with van der Waals surface area (Å²) in [5.74, 6) is 1.61. The molecule has 25 heavy (non-hydrogen) atoms. The van der Waals surface area contributed by atoms with E-state index < -0.39 is 0 Å². The molecule has 3 heterocycles. The van der Waals surface area contributed by atoms with Gasteiger partial charge in [-0.15, -0.1) is 0 Å². The normalized spacial score (nSPS) is 19.9. The van der Waals surface area contributed by atoms with Crippen LogP contribution in [-0.2, 0) is 4.74 Å². The highest BCUT2D eigenvalue weighted by Gasteiger charge is 2.32. The Morgan fingerprint density at radius 1 is 1.12 bits per heavy atom. The van der Waals surface area contributed by atoms with E-state index in [2.05, 4.69) is 20.4 Å². The largest absolute Gasteiger partial charge is 0.370 e. The summed E-state index contributed by atoms with van der Waals surface area (Å²) in [5.41, 5.74) is 3.04. The first kappa shape index (κ1) is 15.8. The molecule has 0 spiro atoms. The molecule has 3 aromatic rings. The Morgan fingerprint density at radius 3 is 2.76 bits per heavy atom. The molecule has 0 saturated carbocycles. The van der Waals surface area contributed by atoms with Crippen LogP contribution < -0.4 is 5.32 Å². The number of aromatic nitrogens is 4. The molecular formula is C19H21N5O. The highest BCUT2D eigenvalue weighted by atomic mass is 16.5. The van der Waals surface area contributed by atoms with E-state index in [4.69, 9.17) is 4.74 Å². The van der Waals surface area contributed by atoms with Crippen molar-refractivity contribution in [1.82, 2.24) is 19.7 Å². The van der Waals surface area contributed by atoms with Crippen LogP contribution >= 0.6 is 0 Å². The summed E-state index contributed by atoms with van der Waals surface area (Å²) in [7, 11) is 0. The van der Waals surface area contributed by atoms with Gasteiger partial charge < -0.3 is 10.1 Å². The van der Waals surface area contributed by atoms with Crippen LogP contribution in [-0.4, -0.2) is 32.4 Å². The summed E-state index contributed by atoms with van der Waals surface area (Å²) in [6.45, 7) is 4.60. The van der Waals surface area contributed by atoms with Crippen molar-refractivity contribution in [2.75, 3.05) is 11.9 Å². The lowest BCUT2D eigenvalue weighted by Gasteiger charge is -2.21. The van der Waals surface area contributed by atoms with Gasteiger partial charge in [0.2, 0.25) is 0 Å². The van der Waals surface area contributed by atoms with Crippen LogP contribution in [0.2, 0.25) is 0 Å². The molecule has 6 heteroatoms. The summed E-state index contributed by atoms with van der Waals surface area (Å²) >= 11 is 0. The molecule has 1 N–H and O–H groups in total. The van der Waals surface area contributed by atoms with E-state index in [0.29, 0.717) is 6.61 Å². The Kier molecular flexibility index (Phi) is 4.19. The molecule has 1 fully saturated rings. The van der Waals surface area contributed by atoms with Crippen molar-refractivity contribution < 1.29 is 4.74 Å².